The van der Waals surface area contributed by atoms with Gasteiger partial charge in [0.1, 0.15) is 3.57 Å². The molecule has 0 fully saturated rings. The number of alkyl halides is 3. The summed E-state index contributed by atoms with van der Waals surface area (Å²) in [5, 5.41) is 0.0389. The van der Waals surface area contributed by atoms with Crippen LogP contribution in [0, 0.1) is 3.57 Å². The standard InChI is InChI=1S/C8H8F3IN2OS/c1-3(2)16-7-13-5(8(9,10)11)4(12)6(15)14-7/h3H,1-2H3,(H,13,14,15). The predicted molar refractivity (Wildman–Crippen MR) is 63.6 cm³/mol. The highest BCUT2D eigenvalue weighted by Gasteiger charge is 2.36. The van der Waals surface area contributed by atoms with Gasteiger partial charge in [-0.1, -0.05) is 25.6 Å². The van der Waals surface area contributed by atoms with Gasteiger partial charge in [0, 0.05) is 5.25 Å². The van der Waals surface area contributed by atoms with Crippen LogP contribution in [0.4, 0.5) is 13.2 Å². The SMILES string of the molecule is CC(C)Sc1nc(C(F)(F)F)c(I)c(=O)[nH]1. The number of nitrogens with zero attached hydrogens (tertiary/aromatic N) is 1. The summed E-state index contributed by atoms with van der Waals surface area (Å²) in [6.45, 7) is 3.60. The molecular weight excluding hydrogens is 356 g/mol. The van der Waals surface area contributed by atoms with Gasteiger partial charge in [0.25, 0.3) is 5.56 Å². The Hall–Kier alpha value is -0.250. The zero-order valence-corrected chi connectivity index (χ0v) is 11.3. The van der Waals surface area contributed by atoms with Crippen molar-refractivity contribution in [1.29, 1.82) is 0 Å². The molecule has 0 saturated heterocycles. The Labute approximate surface area is 107 Å². The van der Waals surface area contributed by atoms with Gasteiger partial charge in [0.2, 0.25) is 0 Å². The van der Waals surface area contributed by atoms with Crippen molar-refractivity contribution in [3.8, 4) is 0 Å². The summed E-state index contributed by atoms with van der Waals surface area (Å²) in [7, 11) is 0. The summed E-state index contributed by atoms with van der Waals surface area (Å²) in [6, 6.07) is 0. The molecule has 0 bridgehead atoms. The fraction of sp³-hybridized carbons (Fsp3) is 0.500. The summed E-state index contributed by atoms with van der Waals surface area (Å²) in [5.74, 6) is 0. The minimum atomic E-state index is -4.60. The summed E-state index contributed by atoms with van der Waals surface area (Å²) < 4.78 is 37.1. The highest BCUT2D eigenvalue weighted by molar-refractivity contribution is 14.1. The Morgan fingerprint density at radius 1 is 1.44 bits per heavy atom. The lowest BCUT2D eigenvalue weighted by Crippen LogP contribution is -2.22. The average Bonchev–Trinajstić information content (AvgIpc) is 2.08. The first-order chi connectivity index (χ1) is 7.21. The van der Waals surface area contributed by atoms with E-state index in [2.05, 4.69) is 9.97 Å². The van der Waals surface area contributed by atoms with Gasteiger partial charge in [0.15, 0.2) is 10.9 Å². The third kappa shape index (κ3) is 3.37. The molecule has 0 aliphatic rings. The second kappa shape index (κ2) is 4.94. The van der Waals surface area contributed by atoms with E-state index in [9.17, 15) is 18.0 Å². The second-order valence-corrected chi connectivity index (χ2v) is 5.84. The lowest BCUT2D eigenvalue weighted by Gasteiger charge is -2.10. The van der Waals surface area contributed by atoms with Gasteiger partial charge >= 0.3 is 6.18 Å². The van der Waals surface area contributed by atoms with Crippen LogP contribution < -0.4 is 5.56 Å². The van der Waals surface area contributed by atoms with E-state index in [1.165, 1.54) is 22.6 Å². The molecular formula is C8H8F3IN2OS. The second-order valence-electron chi connectivity index (χ2n) is 3.20. The molecule has 0 amide bonds. The number of halogens is 4. The van der Waals surface area contributed by atoms with Crippen LogP contribution in [0.3, 0.4) is 0 Å². The summed E-state index contributed by atoms with van der Waals surface area (Å²) in [4.78, 5) is 17.0. The van der Waals surface area contributed by atoms with Crippen molar-refractivity contribution in [2.45, 2.75) is 30.4 Å². The van der Waals surface area contributed by atoms with E-state index in [0.29, 0.717) is 0 Å². The quantitative estimate of drug-likeness (QED) is 0.499. The first-order valence-corrected chi connectivity index (χ1v) is 6.21. The first kappa shape index (κ1) is 13.8. The van der Waals surface area contributed by atoms with Crippen LogP contribution in [0.5, 0.6) is 0 Å². The molecule has 0 saturated carbocycles. The number of rotatable bonds is 2. The highest BCUT2D eigenvalue weighted by atomic mass is 127. The Kier molecular flexibility index (Phi) is 4.27. The molecule has 90 valence electrons. The molecule has 1 N–H and O–H groups in total. The Morgan fingerprint density at radius 2 is 2.00 bits per heavy atom. The van der Waals surface area contributed by atoms with Crippen molar-refractivity contribution >= 4 is 34.4 Å². The number of nitrogens with one attached hydrogen (secondary N) is 1. The molecule has 16 heavy (non-hydrogen) atoms. The number of thioether (sulfide) groups is 1. The summed E-state index contributed by atoms with van der Waals surface area (Å²) in [6.07, 6.45) is -4.60. The smallest absolute Gasteiger partial charge is 0.301 e. The molecule has 0 unspecified atom stereocenters. The molecule has 0 aliphatic heterocycles. The number of hydrogen-bond acceptors (Lipinski definition) is 3. The Balaban J connectivity index is 3.28. The van der Waals surface area contributed by atoms with Crippen LogP contribution >= 0.6 is 34.4 Å². The molecule has 0 aliphatic carbocycles. The molecule has 1 rings (SSSR count). The van der Waals surface area contributed by atoms with Crippen LogP contribution in [0.25, 0.3) is 0 Å². The van der Waals surface area contributed by atoms with Gasteiger partial charge in [-0.3, -0.25) is 4.79 Å². The van der Waals surface area contributed by atoms with E-state index in [0.717, 1.165) is 11.8 Å². The molecule has 1 aromatic rings. The highest BCUT2D eigenvalue weighted by Crippen LogP contribution is 2.31. The minimum Gasteiger partial charge on any atom is -0.301 e. The summed E-state index contributed by atoms with van der Waals surface area (Å²) >= 11 is 2.43. The van der Waals surface area contributed by atoms with Gasteiger partial charge in [-0.2, -0.15) is 13.2 Å². The maximum Gasteiger partial charge on any atom is 0.434 e. The van der Waals surface area contributed by atoms with E-state index in [1.54, 1.807) is 13.8 Å². The van der Waals surface area contributed by atoms with Crippen molar-refractivity contribution in [3.63, 3.8) is 0 Å². The van der Waals surface area contributed by atoms with E-state index in [1.807, 2.05) is 0 Å². The van der Waals surface area contributed by atoms with Gasteiger partial charge < -0.3 is 4.98 Å². The Morgan fingerprint density at radius 3 is 2.44 bits per heavy atom. The first-order valence-electron chi connectivity index (χ1n) is 4.25. The van der Waals surface area contributed by atoms with Crippen LogP contribution in [0.1, 0.15) is 19.5 Å². The molecule has 0 atom stereocenters. The molecule has 1 aromatic heterocycles. The van der Waals surface area contributed by atoms with E-state index in [-0.39, 0.29) is 10.4 Å². The molecule has 8 heteroatoms. The molecule has 0 radical (unpaired) electrons. The number of aromatic amines is 1. The van der Waals surface area contributed by atoms with Gasteiger partial charge in [0.05, 0.1) is 0 Å². The fourth-order valence-corrected chi connectivity index (χ4v) is 2.21. The van der Waals surface area contributed by atoms with Crippen molar-refractivity contribution in [1.82, 2.24) is 9.97 Å². The van der Waals surface area contributed by atoms with Crippen LogP contribution in [-0.4, -0.2) is 15.2 Å². The molecule has 3 nitrogen and oxygen atoms in total. The zero-order chi connectivity index (χ0) is 12.5. The van der Waals surface area contributed by atoms with Crippen molar-refractivity contribution in [2.24, 2.45) is 0 Å². The predicted octanol–water partition coefficient (Wildman–Crippen LogP) is 2.89. The maximum atomic E-state index is 12.5. The minimum absolute atomic E-state index is 0.00672. The van der Waals surface area contributed by atoms with Crippen molar-refractivity contribution in [2.75, 3.05) is 0 Å². The van der Waals surface area contributed by atoms with Gasteiger partial charge in [-0.15, -0.1) is 0 Å². The van der Waals surface area contributed by atoms with Gasteiger partial charge in [-0.25, -0.2) is 4.98 Å². The van der Waals surface area contributed by atoms with Crippen molar-refractivity contribution < 1.29 is 13.2 Å². The number of hydrogen-bond donors (Lipinski definition) is 1. The van der Waals surface area contributed by atoms with Crippen molar-refractivity contribution in [3.05, 3.63) is 19.6 Å². The zero-order valence-electron chi connectivity index (χ0n) is 8.35. The number of H-pyrrole nitrogens is 1. The number of aromatic nitrogens is 2. The maximum absolute atomic E-state index is 12.5. The lowest BCUT2D eigenvalue weighted by atomic mass is 10.4. The Bertz CT molecular complexity index is 444. The third-order valence-corrected chi connectivity index (χ3v) is 3.35. The normalized spacial score (nSPS) is 12.2. The largest absolute Gasteiger partial charge is 0.434 e. The monoisotopic (exact) mass is 364 g/mol. The molecule has 0 aromatic carbocycles. The summed E-state index contributed by atoms with van der Waals surface area (Å²) in [5.41, 5.74) is -1.88. The van der Waals surface area contributed by atoms with Crippen LogP contribution in [-0.2, 0) is 6.18 Å². The van der Waals surface area contributed by atoms with Crippen LogP contribution in [0.2, 0.25) is 0 Å². The lowest BCUT2D eigenvalue weighted by molar-refractivity contribution is -0.142. The topological polar surface area (TPSA) is 45.8 Å². The van der Waals surface area contributed by atoms with Crippen LogP contribution in [0.15, 0.2) is 9.95 Å². The third-order valence-electron chi connectivity index (χ3n) is 1.46. The van der Waals surface area contributed by atoms with E-state index >= 15 is 0 Å². The van der Waals surface area contributed by atoms with E-state index < -0.39 is 21.0 Å². The van der Waals surface area contributed by atoms with Gasteiger partial charge in [-0.05, 0) is 22.6 Å². The molecule has 1 heterocycles. The average molecular weight is 364 g/mol. The van der Waals surface area contributed by atoms with E-state index in [4.69, 9.17) is 0 Å². The molecule has 0 spiro atoms. The fourth-order valence-electron chi connectivity index (χ4n) is 0.905.